The number of aromatic nitrogens is 3. The van der Waals surface area contributed by atoms with Gasteiger partial charge in [-0.15, -0.1) is 5.10 Å². The molecule has 1 aliphatic heterocycles. The lowest BCUT2D eigenvalue weighted by molar-refractivity contribution is -0.158. The maximum atomic E-state index is 12.5. The van der Waals surface area contributed by atoms with Crippen LogP contribution in [0.4, 0.5) is 0 Å². The molecule has 1 saturated heterocycles. The first-order chi connectivity index (χ1) is 17.6. The maximum absolute atomic E-state index is 12.5. The van der Waals surface area contributed by atoms with Gasteiger partial charge in [-0.1, -0.05) is 66.6 Å². The van der Waals surface area contributed by atoms with Crippen LogP contribution in [0.3, 0.4) is 0 Å². The van der Waals surface area contributed by atoms with E-state index in [1.807, 2.05) is 60.7 Å². The highest BCUT2D eigenvalue weighted by molar-refractivity contribution is 5.82. The summed E-state index contributed by atoms with van der Waals surface area (Å²) >= 11 is 0. The van der Waals surface area contributed by atoms with Crippen molar-refractivity contribution in [1.29, 1.82) is 0 Å². The summed E-state index contributed by atoms with van der Waals surface area (Å²) in [5, 5.41) is 29.1. The van der Waals surface area contributed by atoms with Crippen molar-refractivity contribution < 1.29 is 24.5 Å². The van der Waals surface area contributed by atoms with E-state index < -0.39 is 24.2 Å². The van der Waals surface area contributed by atoms with Gasteiger partial charge in [-0.05, 0) is 30.5 Å². The highest BCUT2D eigenvalue weighted by atomic mass is 16.5. The van der Waals surface area contributed by atoms with Gasteiger partial charge in [0.15, 0.2) is 6.10 Å². The van der Waals surface area contributed by atoms with Gasteiger partial charge in [0.25, 0.3) is 5.91 Å². The summed E-state index contributed by atoms with van der Waals surface area (Å²) in [7, 11) is 0. The Morgan fingerprint density at radius 3 is 2.42 bits per heavy atom. The van der Waals surface area contributed by atoms with Crippen LogP contribution in [-0.4, -0.2) is 67.9 Å². The standard InChI is InChI=1S/C27H34N4O5/c32-25-24(31-17-22(28-29-31)20-36-23-13-7-4-8-14-23)18-30(27(34)26(25)33)15-9-1-2-10-16-35-19-21-11-5-3-6-12-21/h3-8,11-14,17,24-26,32-33H,1-2,9-10,15-16,18-20H2. The second kappa shape index (κ2) is 13.2. The average molecular weight is 495 g/mol. The van der Waals surface area contributed by atoms with Crippen LogP contribution < -0.4 is 4.74 Å². The molecule has 1 aromatic heterocycles. The summed E-state index contributed by atoms with van der Waals surface area (Å²) in [6.07, 6.45) is 2.67. The van der Waals surface area contributed by atoms with Crippen molar-refractivity contribution in [3.05, 3.63) is 78.1 Å². The zero-order chi connectivity index (χ0) is 25.2. The molecule has 1 fully saturated rings. The van der Waals surface area contributed by atoms with E-state index in [4.69, 9.17) is 9.47 Å². The van der Waals surface area contributed by atoms with Crippen molar-refractivity contribution in [2.75, 3.05) is 19.7 Å². The molecule has 3 atom stereocenters. The number of benzene rings is 2. The number of nitrogens with zero attached hydrogens (tertiary/aromatic N) is 4. The molecular formula is C27H34N4O5. The third-order valence-corrected chi connectivity index (χ3v) is 6.30. The summed E-state index contributed by atoms with van der Waals surface area (Å²) in [4.78, 5) is 14.2. The molecule has 1 amide bonds. The fourth-order valence-corrected chi connectivity index (χ4v) is 4.25. The van der Waals surface area contributed by atoms with Gasteiger partial charge >= 0.3 is 0 Å². The Balaban J connectivity index is 1.19. The first-order valence-corrected chi connectivity index (χ1v) is 12.5. The molecule has 0 bridgehead atoms. The lowest BCUT2D eigenvalue weighted by Crippen LogP contribution is -2.57. The summed E-state index contributed by atoms with van der Waals surface area (Å²) in [6.45, 7) is 2.33. The third kappa shape index (κ3) is 7.13. The molecular weight excluding hydrogens is 460 g/mol. The van der Waals surface area contributed by atoms with Crippen LogP contribution in [0.2, 0.25) is 0 Å². The van der Waals surface area contributed by atoms with E-state index in [0.717, 1.165) is 31.4 Å². The number of carbonyl (C=O) groups excluding carboxylic acids is 1. The molecule has 0 aliphatic carbocycles. The lowest BCUT2D eigenvalue weighted by Gasteiger charge is -2.38. The lowest BCUT2D eigenvalue weighted by atomic mass is 9.98. The van der Waals surface area contributed by atoms with Crippen molar-refractivity contribution in [2.24, 2.45) is 0 Å². The molecule has 4 rings (SSSR count). The molecule has 0 radical (unpaired) electrons. The largest absolute Gasteiger partial charge is 0.487 e. The fourth-order valence-electron chi connectivity index (χ4n) is 4.25. The molecule has 0 spiro atoms. The normalized spacial score (nSPS) is 20.0. The summed E-state index contributed by atoms with van der Waals surface area (Å²) < 4.78 is 12.9. The Morgan fingerprint density at radius 2 is 1.64 bits per heavy atom. The van der Waals surface area contributed by atoms with Crippen molar-refractivity contribution >= 4 is 5.91 Å². The minimum atomic E-state index is -1.48. The summed E-state index contributed by atoms with van der Waals surface area (Å²) in [5.41, 5.74) is 1.76. The molecule has 3 unspecified atom stereocenters. The smallest absolute Gasteiger partial charge is 0.254 e. The van der Waals surface area contributed by atoms with Crippen LogP contribution in [-0.2, 0) is 22.7 Å². The number of likely N-dealkylation sites (tertiary alicyclic amines) is 1. The molecule has 9 heteroatoms. The molecule has 36 heavy (non-hydrogen) atoms. The molecule has 1 aliphatic rings. The number of hydrogen-bond donors (Lipinski definition) is 2. The molecule has 3 aromatic rings. The predicted octanol–water partition coefficient (Wildman–Crippen LogP) is 2.74. The molecule has 9 nitrogen and oxygen atoms in total. The van der Waals surface area contributed by atoms with Crippen LogP contribution in [0.15, 0.2) is 66.9 Å². The number of rotatable bonds is 13. The van der Waals surface area contributed by atoms with Gasteiger partial charge in [0.05, 0.1) is 12.8 Å². The second-order valence-electron chi connectivity index (χ2n) is 9.03. The van der Waals surface area contributed by atoms with E-state index >= 15 is 0 Å². The number of hydrogen-bond acceptors (Lipinski definition) is 7. The van der Waals surface area contributed by atoms with Gasteiger partial charge in [-0.2, -0.15) is 0 Å². The van der Waals surface area contributed by atoms with Gasteiger partial charge in [-0.3, -0.25) is 4.79 Å². The highest BCUT2D eigenvalue weighted by Crippen LogP contribution is 2.24. The summed E-state index contributed by atoms with van der Waals surface area (Å²) in [6, 6.07) is 18.9. The minimum absolute atomic E-state index is 0.229. The predicted molar refractivity (Wildman–Crippen MR) is 133 cm³/mol. The molecule has 2 aromatic carbocycles. The topological polar surface area (TPSA) is 110 Å². The van der Waals surface area contributed by atoms with Gasteiger partial charge in [0.2, 0.25) is 0 Å². The number of unbranched alkanes of at least 4 members (excludes halogenated alkanes) is 3. The van der Waals surface area contributed by atoms with Crippen molar-refractivity contribution in [3.8, 4) is 5.75 Å². The Morgan fingerprint density at radius 1 is 0.917 bits per heavy atom. The van der Waals surface area contributed by atoms with E-state index in [0.29, 0.717) is 25.5 Å². The Kier molecular flexibility index (Phi) is 9.43. The van der Waals surface area contributed by atoms with Crippen molar-refractivity contribution in [1.82, 2.24) is 19.9 Å². The SMILES string of the molecule is O=C1C(O)C(O)C(n2cc(COc3ccccc3)nn2)CN1CCCCCCOCc1ccccc1. The van der Waals surface area contributed by atoms with Gasteiger partial charge in [-0.25, -0.2) is 4.68 Å². The van der Waals surface area contributed by atoms with Crippen LogP contribution in [0.1, 0.15) is 43.0 Å². The quantitative estimate of drug-likeness (QED) is 0.352. The van der Waals surface area contributed by atoms with E-state index in [1.54, 1.807) is 11.1 Å². The van der Waals surface area contributed by atoms with E-state index in [-0.39, 0.29) is 13.2 Å². The molecule has 192 valence electrons. The van der Waals surface area contributed by atoms with E-state index in [9.17, 15) is 15.0 Å². The van der Waals surface area contributed by atoms with Crippen molar-refractivity contribution in [2.45, 2.75) is 57.1 Å². The van der Waals surface area contributed by atoms with Crippen LogP contribution in [0.5, 0.6) is 5.75 Å². The van der Waals surface area contributed by atoms with Gasteiger partial charge < -0.3 is 24.6 Å². The zero-order valence-electron chi connectivity index (χ0n) is 20.4. The van der Waals surface area contributed by atoms with Crippen LogP contribution in [0, 0.1) is 0 Å². The fraction of sp³-hybridized carbons (Fsp3) is 0.444. The van der Waals surface area contributed by atoms with Crippen molar-refractivity contribution in [3.63, 3.8) is 0 Å². The Hall–Kier alpha value is -3.27. The number of carbonyl (C=O) groups is 1. The number of ether oxygens (including phenoxy) is 2. The third-order valence-electron chi connectivity index (χ3n) is 6.30. The van der Waals surface area contributed by atoms with Gasteiger partial charge in [0, 0.05) is 19.7 Å². The van der Waals surface area contributed by atoms with Gasteiger partial charge in [0.1, 0.15) is 30.2 Å². The number of amides is 1. The molecule has 2 heterocycles. The van der Waals surface area contributed by atoms with Crippen LogP contribution >= 0.6 is 0 Å². The zero-order valence-corrected chi connectivity index (χ0v) is 20.4. The second-order valence-corrected chi connectivity index (χ2v) is 9.03. The highest BCUT2D eigenvalue weighted by Gasteiger charge is 2.42. The number of aliphatic hydroxyl groups excluding tert-OH is 2. The Labute approximate surface area is 211 Å². The minimum Gasteiger partial charge on any atom is -0.487 e. The van der Waals surface area contributed by atoms with E-state index in [1.165, 1.54) is 10.2 Å². The number of para-hydroxylation sites is 1. The molecule has 0 saturated carbocycles. The average Bonchev–Trinajstić information content (AvgIpc) is 3.39. The maximum Gasteiger partial charge on any atom is 0.254 e. The van der Waals surface area contributed by atoms with Crippen LogP contribution in [0.25, 0.3) is 0 Å². The Bertz CT molecular complexity index is 1060. The first-order valence-electron chi connectivity index (χ1n) is 12.5. The monoisotopic (exact) mass is 494 g/mol. The number of aliphatic hydroxyl groups is 2. The number of piperidine rings is 1. The molecule has 2 N–H and O–H groups in total. The first kappa shape index (κ1) is 25.8. The van der Waals surface area contributed by atoms with E-state index in [2.05, 4.69) is 10.3 Å². The summed E-state index contributed by atoms with van der Waals surface area (Å²) in [5.74, 6) is 0.275.